The molecule has 0 saturated carbocycles. The number of allylic oxidation sites excluding steroid dienone is 2. The van der Waals surface area contributed by atoms with Crippen molar-refractivity contribution in [1.82, 2.24) is 0 Å². The molecule has 0 amide bonds. The molecule has 1 aliphatic rings. The van der Waals surface area contributed by atoms with Gasteiger partial charge in [0.1, 0.15) is 0 Å². The van der Waals surface area contributed by atoms with Gasteiger partial charge in [0, 0.05) is 0 Å². The molecular weight excluding hydrogens is 168 g/mol. The van der Waals surface area contributed by atoms with Crippen LogP contribution in [-0.4, -0.2) is 22.1 Å². The van der Waals surface area contributed by atoms with E-state index in [9.17, 15) is 15.0 Å². The summed E-state index contributed by atoms with van der Waals surface area (Å²) < 4.78 is 0. The lowest BCUT2D eigenvalue weighted by atomic mass is 9.83. The molecule has 0 heterocycles. The molecule has 0 spiro atoms. The van der Waals surface area contributed by atoms with Crippen LogP contribution in [0.2, 0.25) is 0 Å². The minimum absolute atomic E-state index is 0.135. The van der Waals surface area contributed by atoms with Crippen LogP contribution in [0.1, 0.15) is 33.1 Å². The van der Waals surface area contributed by atoms with Crippen molar-refractivity contribution in [2.45, 2.75) is 39.2 Å². The van der Waals surface area contributed by atoms with Gasteiger partial charge in [-0.15, -0.1) is 0 Å². The Morgan fingerprint density at radius 2 is 2.23 bits per heavy atom. The van der Waals surface area contributed by atoms with E-state index in [-0.39, 0.29) is 11.5 Å². The number of Topliss-reactive ketones (excluding diaryl/α,β-unsaturated/α-hetero) is 1. The van der Waals surface area contributed by atoms with Crippen LogP contribution in [0.5, 0.6) is 0 Å². The summed E-state index contributed by atoms with van der Waals surface area (Å²) in [4.78, 5) is 11.5. The Morgan fingerprint density at radius 1 is 1.62 bits per heavy atom. The molecule has 0 aromatic heterocycles. The number of aliphatic hydroxyl groups excluding tert-OH is 2. The molecule has 0 aliphatic heterocycles. The van der Waals surface area contributed by atoms with Crippen molar-refractivity contribution in [1.29, 1.82) is 0 Å². The molecular formula is C10H16O3. The number of hydrogen-bond acceptors (Lipinski definition) is 3. The fourth-order valence-electron chi connectivity index (χ4n) is 1.66. The van der Waals surface area contributed by atoms with E-state index in [0.717, 1.165) is 5.57 Å². The molecule has 2 atom stereocenters. The van der Waals surface area contributed by atoms with Gasteiger partial charge in [-0.2, -0.15) is 0 Å². The van der Waals surface area contributed by atoms with Crippen molar-refractivity contribution in [2.24, 2.45) is 5.92 Å². The predicted octanol–water partition coefficient (Wildman–Crippen LogP) is 1.57. The standard InChI is InChI=1S/C10H16O3/c1-3-8(11)7-5-4-6(2)9(12)10(7)13/h7-8,11-12H,3-5H2,1-2H3/t7-,8-/m1/s1. The van der Waals surface area contributed by atoms with E-state index in [1.54, 1.807) is 6.92 Å². The minimum atomic E-state index is -0.609. The van der Waals surface area contributed by atoms with Crippen LogP contribution in [0, 0.1) is 5.92 Å². The first-order valence-corrected chi connectivity index (χ1v) is 4.69. The molecule has 0 saturated heterocycles. The van der Waals surface area contributed by atoms with Crippen molar-refractivity contribution >= 4 is 5.78 Å². The first-order chi connectivity index (χ1) is 6.07. The summed E-state index contributed by atoms with van der Waals surface area (Å²) in [6, 6.07) is 0. The van der Waals surface area contributed by atoms with E-state index in [4.69, 9.17) is 0 Å². The molecule has 1 rings (SSSR count). The van der Waals surface area contributed by atoms with Crippen molar-refractivity contribution in [3.05, 3.63) is 11.3 Å². The molecule has 1 aliphatic carbocycles. The van der Waals surface area contributed by atoms with Crippen LogP contribution in [0.25, 0.3) is 0 Å². The van der Waals surface area contributed by atoms with Gasteiger partial charge >= 0.3 is 0 Å². The minimum Gasteiger partial charge on any atom is -0.504 e. The average molecular weight is 184 g/mol. The topological polar surface area (TPSA) is 57.5 Å². The zero-order valence-electron chi connectivity index (χ0n) is 8.08. The average Bonchev–Trinajstić information content (AvgIpc) is 2.13. The fourth-order valence-corrected chi connectivity index (χ4v) is 1.66. The Bertz CT molecular complexity index is 243. The fraction of sp³-hybridized carbons (Fsp3) is 0.700. The van der Waals surface area contributed by atoms with E-state index >= 15 is 0 Å². The third kappa shape index (κ3) is 1.91. The summed E-state index contributed by atoms with van der Waals surface area (Å²) in [7, 11) is 0. The highest BCUT2D eigenvalue weighted by Crippen LogP contribution is 2.27. The zero-order chi connectivity index (χ0) is 10.0. The number of hydrogen-bond donors (Lipinski definition) is 2. The third-order valence-corrected chi connectivity index (χ3v) is 2.69. The molecule has 3 heteroatoms. The molecule has 0 aromatic rings. The lowest BCUT2D eigenvalue weighted by molar-refractivity contribution is -0.126. The van der Waals surface area contributed by atoms with Crippen molar-refractivity contribution in [3.63, 3.8) is 0 Å². The van der Waals surface area contributed by atoms with Crippen molar-refractivity contribution < 1.29 is 15.0 Å². The summed E-state index contributed by atoms with van der Waals surface area (Å²) in [6.45, 7) is 3.59. The Balaban J connectivity index is 2.80. The molecule has 0 aromatic carbocycles. The second kappa shape index (κ2) is 3.92. The Hall–Kier alpha value is -0.830. The normalized spacial score (nSPS) is 26.4. The molecule has 0 bridgehead atoms. The maximum atomic E-state index is 11.5. The first-order valence-electron chi connectivity index (χ1n) is 4.69. The van der Waals surface area contributed by atoms with Crippen LogP contribution in [0.4, 0.5) is 0 Å². The SMILES string of the molecule is CC[C@@H](O)[C@H]1CCC(C)=C(O)C1=O. The van der Waals surface area contributed by atoms with E-state index in [0.29, 0.717) is 19.3 Å². The van der Waals surface area contributed by atoms with Crippen LogP contribution >= 0.6 is 0 Å². The lowest BCUT2D eigenvalue weighted by Crippen LogP contribution is -2.32. The maximum absolute atomic E-state index is 11.5. The first kappa shape index (κ1) is 10.3. The summed E-state index contributed by atoms with van der Waals surface area (Å²) in [5, 5.41) is 18.9. The van der Waals surface area contributed by atoms with Crippen LogP contribution in [0.3, 0.4) is 0 Å². The van der Waals surface area contributed by atoms with Crippen LogP contribution < -0.4 is 0 Å². The second-order valence-electron chi connectivity index (χ2n) is 3.61. The van der Waals surface area contributed by atoms with Gasteiger partial charge in [-0.3, -0.25) is 4.79 Å². The van der Waals surface area contributed by atoms with Crippen LogP contribution in [-0.2, 0) is 4.79 Å². The number of aliphatic hydroxyl groups is 2. The van der Waals surface area contributed by atoms with Crippen molar-refractivity contribution in [2.75, 3.05) is 0 Å². The zero-order valence-corrected chi connectivity index (χ0v) is 8.08. The third-order valence-electron chi connectivity index (χ3n) is 2.69. The summed E-state index contributed by atoms with van der Waals surface area (Å²) in [5.41, 5.74) is 0.740. The van der Waals surface area contributed by atoms with Gasteiger partial charge in [-0.1, -0.05) is 6.92 Å². The van der Waals surface area contributed by atoms with Gasteiger partial charge in [0.15, 0.2) is 5.76 Å². The number of carbonyl (C=O) groups excluding carboxylic acids is 1. The van der Waals surface area contributed by atoms with E-state index < -0.39 is 12.0 Å². The number of rotatable bonds is 2. The monoisotopic (exact) mass is 184 g/mol. The molecule has 0 radical (unpaired) electrons. The number of carbonyl (C=O) groups is 1. The highest BCUT2D eigenvalue weighted by atomic mass is 16.3. The highest BCUT2D eigenvalue weighted by Gasteiger charge is 2.32. The molecule has 13 heavy (non-hydrogen) atoms. The molecule has 2 N–H and O–H groups in total. The molecule has 0 fully saturated rings. The van der Waals surface area contributed by atoms with Gasteiger partial charge in [-0.25, -0.2) is 0 Å². The van der Waals surface area contributed by atoms with E-state index in [1.165, 1.54) is 0 Å². The molecule has 0 unspecified atom stereocenters. The largest absolute Gasteiger partial charge is 0.504 e. The maximum Gasteiger partial charge on any atom is 0.202 e. The van der Waals surface area contributed by atoms with Gasteiger partial charge in [0.05, 0.1) is 12.0 Å². The summed E-state index contributed by atoms with van der Waals surface area (Å²) in [5.74, 6) is -0.824. The van der Waals surface area contributed by atoms with Gasteiger partial charge in [0.2, 0.25) is 5.78 Å². The van der Waals surface area contributed by atoms with E-state index in [1.807, 2.05) is 6.92 Å². The molecule has 74 valence electrons. The Morgan fingerprint density at radius 3 is 2.77 bits per heavy atom. The quantitative estimate of drug-likeness (QED) is 0.684. The Labute approximate surface area is 78.1 Å². The van der Waals surface area contributed by atoms with Crippen molar-refractivity contribution in [3.8, 4) is 0 Å². The van der Waals surface area contributed by atoms with E-state index in [2.05, 4.69) is 0 Å². The summed E-state index contributed by atoms with van der Waals surface area (Å²) >= 11 is 0. The second-order valence-corrected chi connectivity index (χ2v) is 3.61. The lowest BCUT2D eigenvalue weighted by Gasteiger charge is -2.24. The Kier molecular flexibility index (Phi) is 3.09. The van der Waals surface area contributed by atoms with Crippen LogP contribution in [0.15, 0.2) is 11.3 Å². The highest BCUT2D eigenvalue weighted by molar-refractivity contribution is 5.96. The van der Waals surface area contributed by atoms with Gasteiger partial charge in [0.25, 0.3) is 0 Å². The number of ketones is 1. The summed E-state index contributed by atoms with van der Waals surface area (Å²) in [6.07, 6.45) is 1.31. The van der Waals surface area contributed by atoms with Gasteiger partial charge in [-0.05, 0) is 31.8 Å². The predicted molar refractivity (Wildman–Crippen MR) is 49.4 cm³/mol. The molecule has 3 nitrogen and oxygen atoms in total. The smallest absolute Gasteiger partial charge is 0.202 e. The van der Waals surface area contributed by atoms with Gasteiger partial charge < -0.3 is 10.2 Å².